The number of hydrogen-bond donors (Lipinski definition) is 1. The number of benzene rings is 1. The Bertz CT molecular complexity index is 643. The highest BCUT2D eigenvalue weighted by Crippen LogP contribution is 2.52. The second-order valence-corrected chi connectivity index (χ2v) is 6.26. The van der Waals surface area contributed by atoms with Crippen molar-refractivity contribution in [3.05, 3.63) is 18.2 Å². The van der Waals surface area contributed by atoms with Crippen molar-refractivity contribution < 1.29 is 24.2 Å². The molecule has 1 aliphatic heterocycles. The lowest BCUT2D eigenvalue weighted by Crippen LogP contribution is -2.43. The van der Waals surface area contributed by atoms with Crippen molar-refractivity contribution in [2.75, 3.05) is 12.1 Å². The summed E-state index contributed by atoms with van der Waals surface area (Å²) < 4.78 is 10.5. The molecule has 2 saturated carbocycles. The van der Waals surface area contributed by atoms with Crippen LogP contribution in [-0.4, -0.2) is 18.7 Å². The lowest BCUT2D eigenvalue weighted by atomic mass is 9.78. The SMILES string of the molecule is O=C([O-])[C@H]1[C@H]2CC[C@@H](C2)[C@@H]1C(=O)Nc1ccc2c(c1)OCO2. The van der Waals surface area contributed by atoms with E-state index in [1.807, 2.05) is 0 Å². The van der Waals surface area contributed by atoms with Gasteiger partial charge < -0.3 is 24.7 Å². The van der Waals surface area contributed by atoms with Gasteiger partial charge in [-0.15, -0.1) is 0 Å². The van der Waals surface area contributed by atoms with E-state index in [0.29, 0.717) is 17.2 Å². The zero-order valence-electron chi connectivity index (χ0n) is 11.9. The van der Waals surface area contributed by atoms with Gasteiger partial charge in [-0.3, -0.25) is 4.79 Å². The molecule has 2 bridgehead atoms. The molecule has 4 atom stereocenters. The van der Waals surface area contributed by atoms with E-state index in [9.17, 15) is 14.7 Å². The first-order chi connectivity index (χ1) is 10.6. The van der Waals surface area contributed by atoms with Crippen LogP contribution >= 0.6 is 0 Å². The van der Waals surface area contributed by atoms with E-state index >= 15 is 0 Å². The van der Waals surface area contributed by atoms with Crippen molar-refractivity contribution in [2.45, 2.75) is 19.3 Å². The summed E-state index contributed by atoms with van der Waals surface area (Å²) in [5.74, 6) is -1.02. The maximum atomic E-state index is 12.5. The summed E-state index contributed by atoms with van der Waals surface area (Å²) in [5.41, 5.74) is 0.592. The van der Waals surface area contributed by atoms with Gasteiger partial charge in [0.05, 0.1) is 0 Å². The quantitative estimate of drug-likeness (QED) is 0.891. The smallest absolute Gasteiger partial charge is 0.231 e. The Morgan fingerprint density at radius 3 is 2.59 bits per heavy atom. The van der Waals surface area contributed by atoms with Crippen LogP contribution in [-0.2, 0) is 9.59 Å². The molecule has 3 aliphatic rings. The van der Waals surface area contributed by atoms with Gasteiger partial charge in [0, 0.05) is 29.6 Å². The second kappa shape index (κ2) is 4.90. The standard InChI is InChI=1S/C16H17NO5/c18-15(13-8-1-2-9(5-8)14(13)16(19)20)17-10-3-4-11-12(6-10)22-7-21-11/h3-4,6,8-9,13-14H,1-2,5,7H2,(H,17,18)(H,19,20)/p-1/t8-,9-,13-,14-/m0/s1. The number of ether oxygens (including phenoxy) is 2. The zero-order valence-corrected chi connectivity index (χ0v) is 11.9. The number of carbonyl (C=O) groups excluding carboxylic acids is 2. The fourth-order valence-electron chi connectivity index (χ4n) is 4.21. The molecule has 1 amide bonds. The molecule has 1 aromatic rings. The predicted octanol–water partition coefficient (Wildman–Crippen LogP) is 0.766. The predicted molar refractivity (Wildman–Crippen MR) is 74.0 cm³/mol. The molecule has 1 heterocycles. The molecule has 0 spiro atoms. The highest BCUT2D eigenvalue weighted by molar-refractivity contribution is 5.96. The van der Waals surface area contributed by atoms with Crippen LogP contribution in [0.4, 0.5) is 5.69 Å². The number of rotatable bonds is 3. The monoisotopic (exact) mass is 302 g/mol. The van der Waals surface area contributed by atoms with Crippen LogP contribution in [0.3, 0.4) is 0 Å². The molecule has 1 N–H and O–H groups in total. The highest BCUT2D eigenvalue weighted by Gasteiger charge is 2.51. The number of hydrogen-bond acceptors (Lipinski definition) is 5. The maximum Gasteiger partial charge on any atom is 0.231 e. The Hall–Kier alpha value is -2.24. The number of carboxylic acids is 1. The van der Waals surface area contributed by atoms with E-state index in [2.05, 4.69) is 5.32 Å². The fraction of sp³-hybridized carbons (Fsp3) is 0.500. The van der Waals surface area contributed by atoms with Crippen molar-refractivity contribution in [2.24, 2.45) is 23.7 Å². The molecular formula is C16H16NO5-. The van der Waals surface area contributed by atoms with Crippen LogP contribution in [0.5, 0.6) is 11.5 Å². The van der Waals surface area contributed by atoms with Crippen LogP contribution in [0.15, 0.2) is 18.2 Å². The molecule has 2 fully saturated rings. The van der Waals surface area contributed by atoms with Crippen molar-refractivity contribution >= 4 is 17.6 Å². The number of fused-ring (bicyclic) bond motifs is 3. The van der Waals surface area contributed by atoms with Gasteiger partial charge in [-0.2, -0.15) is 0 Å². The van der Waals surface area contributed by atoms with Crippen LogP contribution in [0.25, 0.3) is 0 Å². The topological polar surface area (TPSA) is 87.7 Å². The Kier molecular flexibility index (Phi) is 2.99. The molecule has 0 aromatic heterocycles. The zero-order chi connectivity index (χ0) is 15.3. The Balaban J connectivity index is 1.53. The highest BCUT2D eigenvalue weighted by atomic mass is 16.7. The van der Waals surface area contributed by atoms with Crippen molar-refractivity contribution in [3.63, 3.8) is 0 Å². The van der Waals surface area contributed by atoms with Crippen molar-refractivity contribution in [1.82, 2.24) is 0 Å². The molecule has 6 nitrogen and oxygen atoms in total. The lowest BCUT2D eigenvalue weighted by molar-refractivity contribution is -0.314. The summed E-state index contributed by atoms with van der Waals surface area (Å²) in [6, 6.07) is 5.16. The summed E-state index contributed by atoms with van der Waals surface area (Å²) in [6.45, 7) is 0.172. The second-order valence-electron chi connectivity index (χ2n) is 6.26. The van der Waals surface area contributed by atoms with E-state index in [1.165, 1.54) is 0 Å². The van der Waals surface area contributed by atoms with Gasteiger partial charge in [0.15, 0.2) is 11.5 Å². The fourth-order valence-corrected chi connectivity index (χ4v) is 4.21. The molecule has 1 aromatic carbocycles. The summed E-state index contributed by atoms with van der Waals surface area (Å²) in [4.78, 5) is 23.9. The van der Waals surface area contributed by atoms with Crippen LogP contribution in [0, 0.1) is 23.7 Å². The summed E-state index contributed by atoms with van der Waals surface area (Å²) >= 11 is 0. The van der Waals surface area contributed by atoms with Crippen molar-refractivity contribution in [3.8, 4) is 11.5 Å². The number of anilines is 1. The molecule has 22 heavy (non-hydrogen) atoms. The number of carbonyl (C=O) groups is 2. The van der Waals surface area contributed by atoms with E-state index in [1.54, 1.807) is 18.2 Å². The molecule has 6 heteroatoms. The van der Waals surface area contributed by atoms with E-state index in [4.69, 9.17) is 9.47 Å². The number of aliphatic carboxylic acids is 1. The van der Waals surface area contributed by atoms with Crippen LogP contribution in [0.2, 0.25) is 0 Å². The van der Waals surface area contributed by atoms with Gasteiger partial charge in [-0.1, -0.05) is 0 Å². The largest absolute Gasteiger partial charge is 0.550 e. The van der Waals surface area contributed by atoms with E-state index < -0.39 is 17.8 Å². The minimum absolute atomic E-state index is 0.0857. The third-order valence-corrected chi connectivity index (χ3v) is 5.13. The van der Waals surface area contributed by atoms with Gasteiger partial charge in [0.1, 0.15) is 0 Å². The first kappa shape index (κ1) is 13.4. The molecule has 0 unspecified atom stereocenters. The minimum Gasteiger partial charge on any atom is -0.550 e. The summed E-state index contributed by atoms with van der Waals surface area (Å²) in [6.07, 6.45) is 2.63. The van der Waals surface area contributed by atoms with Gasteiger partial charge in [-0.05, 0) is 43.2 Å². The summed E-state index contributed by atoms with van der Waals surface area (Å²) in [5, 5.41) is 14.2. The first-order valence-electron chi connectivity index (χ1n) is 7.55. The third-order valence-electron chi connectivity index (χ3n) is 5.13. The molecule has 116 valence electrons. The summed E-state index contributed by atoms with van der Waals surface area (Å²) in [7, 11) is 0. The van der Waals surface area contributed by atoms with Gasteiger partial charge in [0.2, 0.25) is 12.7 Å². The first-order valence-corrected chi connectivity index (χ1v) is 7.55. The van der Waals surface area contributed by atoms with Crippen LogP contribution in [0.1, 0.15) is 19.3 Å². The maximum absolute atomic E-state index is 12.5. The Morgan fingerprint density at radius 1 is 1.09 bits per heavy atom. The average molecular weight is 302 g/mol. The van der Waals surface area contributed by atoms with Crippen molar-refractivity contribution in [1.29, 1.82) is 0 Å². The Morgan fingerprint density at radius 2 is 1.82 bits per heavy atom. The number of nitrogens with one attached hydrogen (secondary N) is 1. The van der Waals surface area contributed by atoms with Gasteiger partial charge in [0.25, 0.3) is 0 Å². The van der Waals surface area contributed by atoms with Gasteiger partial charge >= 0.3 is 0 Å². The Labute approximate surface area is 127 Å². The third kappa shape index (κ3) is 2.01. The molecule has 0 saturated heterocycles. The molecule has 0 radical (unpaired) electrons. The number of amides is 1. The lowest BCUT2D eigenvalue weighted by Gasteiger charge is -2.30. The van der Waals surface area contributed by atoms with Crippen LogP contribution < -0.4 is 19.9 Å². The molecule has 4 rings (SSSR count). The van der Waals surface area contributed by atoms with E-state index in [-0.39, 0.29) is 24.5 Å². The molecular weight excluding hydrogens is 286 g/mol. The number of carboxylic acid groups (broad SMARTS) is 1. The minimum atomic E-state index is -1.10. The normalized spacial score (nSPS) is 31.3. The average Bonchev–Trinajstić information content (AvgIpc) is 3.20. The van der Waals surface area contributed by atoms with E-state index in [0.717, 1.165) is 19.3 Å². The molecule has 2 aliphatic carbocycles. The van der Waals surface area contributed by atoms with Gasteiger partial charge in [-0.25, -0.2) is 0 Å².